The normalized spacial score (nSPS) is 30.5. The van der Waals surface area contributed by atoms with Gasteiger partial charge in [-0.3, -0.25) is 0 Å². The summed E-state index contributed by atoms with van der Waals surface area (Å²) in [6.45, 7) is 13.2. The molecule has 0 aromatic heterocycles. The van der Waals surface area contributed by atoms with Crippen LogP contribution in [0.5, 0.6) is 0 Å². The Morgan fingerprint density at radius 2 is 2.06 bits per heavy atom. The predicted molar refractivity (Wildman–Crippen MR) is 74.4 cm³/mol. The fourth-order valence-electron chi connectivity index (χ4n) is 3.04. The lowest BCUT2D eigenvalue weighted by Gasteiger charge is -2.44. The Labute approximate surface area is 108 Å². The van der Waals surface area contributed by atoms with Crippen molar-refractivity contribution in [3.63, 3.8) is 0 Å². The van der Waals surface area contributed by atoms with Gasteiger partial charge in [-0.05, 0) is 52.5 Å². The quantitative estimate of drug-likeness (QED) is 0.740. The first-order valence-electron chi connectivity index (χ1n) is 7.28. The molecule has 0 radical (unpaired) electrons. The summed E-state index contributed by atoms with van der Waals surface area (Å²) in [4.78, 5) is 0. The van der Waals surface area contributed by atoms with E-state index in [1.165, 1.54) is 32.1 Å². The maximum absolute atomic E-state index is 6.42. The Hall–Kier alpha value is -0.0800. The molecule has 2 atom stereocenters. The van der Waals surface area contributed by atoms with Gasteiger partial charge < -0.3 is 10.1 Å². The van der Waals surface area contributed by atoms with Crippen LogP contribution in [0.4, 0.5) is 0 Å². The maximum atomic E-state index is 6.42. The molecule has 2 unspecified atom stereocenters. The van der Waals surface area contributed by atoms with Crippen molar-refractivity contribution in [1.29, 1.82) is 0 Å². The number of rotatable bonds is 5. The molecule has 1 rings (SSSR count). The van der Waals surface area contributed by atoms with E-state index in [9.17, 15) is 0 Å². The summed E-state index contributed by atoms with van der Waals surface area (Å²) >= 11 is 0. The molecule has 0 heterocycles. The van der Waals surface area contributed by atoms with Crippen LogP contribution < -0.4 is 5.32 Å². The van der Waals surface area contributed by atoms with E-state index in [0.717, 1.165) is 19.0 Å². The summed E-state index contributed by atoms with van der Waals surface area (Å²) in [5.41, 5.74) is 0.0377. The van der Waals surface area contributed by atoms with Crippen molar-refractivity contribution in [3.05, 3.63) is 0 Å². The van der Waals surface area contributed by atoms with Crippen LogP contribution >= 0.6 is 0 Å². The third-order valence-corrected chi connectivity index (χ3v) is 3.45. The third-order valence-electron chi connectivity index (χ3n) is 3.45. The molecule has 2 heteroatoms. The van der Waals surface area contributed by atoms with E-state index in [1.54, 1.807) is 0 Å². The molecule has 0 aromatic carbocycles. The molecule has 102 valence electrons. The summed E-state index contributed by atoms with van der Waals surface area (Å²) in [7, 11) is 0. The molecular formula is C15H31NO. The Bertz CT molecular complexity index is 221. The minimum atomic E-state index is -0.0368. The van der Waals surface area contributed by atoms with Crippen LogP contribution in [-0.2, 0) is 4.74 Å². The fraction of sp³-hybridized carbons (Fsp3) is 1.00. The minimum Gasteiger partial charge on any atom is -0.368 e. The van der Waals surface area contributed by atoms with Gasteiger partial charge in [0.1, 0.15) is 0 Å². The lowest BCUT2D eigenvalue weighted by atomic mass is 9.78. The molecule has 0 amide bonds. The van der Waals surface area contributed by atoms with Crippen LogP contribution in [-0.4, -0.2) is 24.3 Å². The van der Waals surface area contributed by atoms with E-state index in [4.69, 9.17) is 4.74 Å². The summed E-state index contributed by atoms with van der Waals surface area (Å²) in [6.07, 6.45) is 6.29. The van der Waals surface area contributed by atoms with Gasteiger partial charge in [0.2, 0.25) is 0 Å². The highest BCUT2D eigenvalue weighted by Crippen LogP contribution is 2.37. The van der Waals surface area contributed by atoms with Gasteiger partial charge in [0, 0.05) is 6.54 Å². The van der Waals surface area contributed by atoms with E-state index in [1.807, 2.05) is 0 Å². The van der Waals surface area contributed by atoms with Gasteiger partial charge in [0.15, 0.2) is 0 Å². The number of nitrogens with one attached hydrogen (secondary N) is 1. The van der Waals surface area contributed by atoms with Crippen LogP contribution in [0.3, 0.4) is 0 Å². The van der Waals surface area contributed by atoms with Gasteiger partial charge in [-0.25, -0.2) is 0 Å². The van der Waals surface area contributed by atoms with E-state index < -0.39 is 0 Å². The van der Waals surface area contributed by atoms with Gasteiger partial charge in [0.25, 0.3) is 0 Å². The Morgan fingerprint density at radius 3 is 2.59 bits per heavy atom. The molecule has 0 aliphatic heterocycles. The zero-order valence-corrected chi connectivity index (χ0v) is 12.4. The highest BCUT2D eigenvalue weighted by Gasteiger charge is 2.38. The number of hydrogen-bond donors (Lipinski definition) is 1. The second-order valence-corrected chi connectivity index (χ2v) is 6.78. The monoisotopic (exact) mass is 241 g/mol. The lowest BCUT2D eigenvalue weighted by molar-refractivity contribution is -0.153. The molecule has 1 aliphatic carbocycles. The summed E-state index contributed by atoms with van der Waals surface area (Å²) < 4.78 is 6.42. The second-order valence-electron chi connectivity index (χ2n) is 6.78. The molecule has 1 fully saturated rings. The van der Waals surface area contributed by atoms with Gasteiger partial charge in [-0.1, -0.05) is 26.7 Å². The van der Waals surface area contributed by atoms with Crippen molar-refractivity contribution in [2.75, 3.05) is 13.1 Å². The van der Waals surface area contributed by atoms with E-state index in [0.29, 0.717) is 0 Å². The maximum Gasteiger partial charge on any atom is 0.0815 e. The molecular weight excluding hydrogens is 210 g/mol. The second kappa shape index (κ2) is 6.19. The summed E-state index contributed by atoms with van der Waals surface area (Å²) in [5, 5.41) is 3.56. The Balaban J connectivity index is 2.62. The SMILES string of the molecule is CCCNCC1(OC(C)(C)C)CCCC(C)C1. The molecule has 2 nitrogen and oxygen atoms in total. The van der Waals surface area contributed by atoms with Crippen LogP contribution in [0.15, 0.2) is 0 Å². The van der Waals surface area contributed by atoms with Crippen molar-refractivity contribution < 1.29 is 4.74 Å². The predicted octanol–water partition coefficient (Wildman–Crippen LogP) is 3.75. The van der Waals surface area contributed by atoms with Crippen LogP contribution in [0, 0.1) is 5.92 Å². The van der Waals surface area contributed by atoms with Crippen molar-refractivity contribution >= 4 is 0 Å². The summed E-state index contributed by atoms with van der Waals surface area (Å²) in [6, 6.07) is 0. The summed E-state index contributed by atoms with van der Waals surface area (Å²) in [5.74, 6) is 0.800. The molecule has 1 N–H and O–H groups in total. The highest BCUT2D eigenvalue weighted by atomic mass is 16.5. The average Bonchev–Trinajstić information content (AvgIpc) is 2.15. The van der Waals surface area contributed by atoms with Crippen molar-refractivity contribution in [2.24, 2.45) is 5.92 Å². The molecule has 0 saturated heterocycles. The first kappa shape index (κ1) is 15.0. The lowest BCUT2D eigenvalue weighted by Crippen LogP contribution is -2.50. The van der Waals surface area contributed by atoms with Gasteiger partial charge in [-0.2, -0.15) is 0 Å². The zero-order chi connectivity index (χ0) is 12.9. The van der Waals surface area contributed by atoms with Crippen LogP contribution in [0.2, 0.25) is 0 Å². The highest BCUT2D eigenvalue weighted by molar-refractivity contribution is 4.91. The molecule has 1 saturated carbocycles. The van der Waals surface area contributed by atoms with Crippen molar-refractivity contribution in [1.82, 2.24) is 5.32 Å². The van der Waals surface area contributed by atoms with Crippen molar-refractivity contribution in [2.45, 2.75) is 77.9 Å². The van der Waals surface area contributed by atoms with E-state index in [2.05, 4.69) is 39.9 Å². The first-order chi connectivity index (χ1) is 7.87. The average molecular weight is 241 g/mol. The first-order valence-corrected chi connectivity index (χ1v) is 7.28. The zero-order valence-electron chi connectivity index (χ0n) is 12.4. The molecule has 0 bridgehead atoms. The van der Waals surface area contributed by atoms with E-state index in [-0.39, 0.29) is 11.2 Å². The van der Waals surface area contributed by atoms with Gasteiger partial charge >= 0.3 is 0 Å². The van der Waals surface area contributed by atoms with Gasteiger partial charge in [-0.15, -0.1) is 0 Å². The number of ether oxygens (including phenoxy) is 1. The topological polar surface area (TPSA) is 21.3 Å². The third kappa shape index (κ3) is 5.39. The Kier molecular flexibility index (Phi) is 5.46. The van der Waals surface area contributed by atoms with Crippen LogP contribution in [0.25, 0.3) is 0 Å². The minimum absolute atomic E-state index is 0.0368. The smallest absolute Gasteiger partial charge is 0.0815 e. The number of hydrogen-bond acceptors (Lipinski definition) is 2. The molecule has 17 heavy (non-hydrogen) atoms. The van der Waals surface area contributed by atoms with Gasteiger partial charge in [0.05, 0.1) is 11.2 Å². The standard InChI is InChI=1S/C15H31NO/c1-6-10-16-12-15(17-14(3,4)5)9-7-8-13(2)11-15/h13,16H,6-12H2,1-5H3. The van der Waals surface area contributed by atoms with Crippen molar-refractivity contribution in [3.8, 4) is 0 Å². The Morgan fingerprint density at radius 1 is 1.35 bits per heavy atom. The fourth-order valence-corrected chi connectivity index (χ4v) is 3.04. The molecule has 0 spiro atoms. The van der Waals surface area contributed by atoms with Crippen LogP contribution in [0.1, 0.15) is 66.7 Å². The molecule has 0 aromatic rings. The van der Waals surface area contributed by atoms with E-state index >= 15 is 0 Å². The molecule has 1 aliphatic rings. The largest absolute Gasteiger partial charge is 0.368 e.